The zero-order valence-corrected chi connectivity index (χ0v) is 21.9. The summed E-state index contributed by atoms with van der Waals surface area (Å²) in [5, 5.41) is 8.32. The molecule has 4 rings (SSSR count). The van der Waals surface area contributed by atoms with E-state index in [-0.39, 0.29) is 30.8 Å². The molecule has 192 valence electrons. The molecule has 1 unspecified atom stereocenters. The zero-order valence-electron chi connectivity index (χ0n) is 21.9. The van der Waals surface area contributed by atoms with Gasteiger partial charge in [0.15, 0.2) is 11.8 Å². The lowest BCUT2D eigenvalue weighted by atomic mass is 9.99. The predicted molar refractivity (Wildman–Crippen MR) is 139 cm³/mol. The first kappa shape index (κ1) is 25.5. The number of rotatable bonds is 8. The molecular weight excluding hydrogens is 458 g/mol. The summed E-state index contributed by atoms with van der Waals surface area (Å²) in [5.74, 6) is 0.806. The number of aromatic nitrogens is 3. The van der Waals surface area contributed by atoms with Crippen LogP contribution in [-0.4, -0.2) is 52.4 Å². The van der Waals surface area contributed by atoms with E-state index in [9.17, 15) is 9.59 Å². The summed E-state index contributed by atoms with van der Waals surface area (Å²) in [6.07, 6.45) is 1.71. The fraction of sp³-hybridized carbons (Fsp3) is 0.481. The van der Waals surface area contributed by atoms with E-state index in [4.69, 9.17) is 14.5 Å². The number of aryl methyl sites for hydroxylation is 3. The second kappa shape index (κ2) is 10.6. The Labute approximate surface area is 211 Å². The molecule has 0 saturated heterocycles. The molecule has 9 nitrogen and oxygen atoms in total. The van der Waals surface area contributed by atoms with Gasteiger partial charge in [-0.3, -0.25) is 9.59 Å². The van der Waals surface area contributed by atoms with Crippen molar-refractivity contribution in [1.82, 2.24) is 20.1 Å². The van der Waals surface area contributed by atoms with Crippen LogP contribution in [0.25, 0.3) is 11.0 Å². The van der Waals surface area contributed by atoms with Gasteiger partial charge in [-0.2, -0.15) is 0 Å². The van der Waals surface area contributed by atoms with Crippen molar-refractivity contribution < 1.29 is 19.1 Å². The molecule has 1 aliphatic heterocycles. The maximum absolute atomic E-state index is 13.5. The third-order valence-electron chi connectivity index (χ3n) is 7.00. The molecule has 1 aliphatic rings. The zero-order chi connectivity index (χ0) is 26.0. The summed E-state index contributed by atoms with van der Waals surface area (Å²) < 4.78 is 13.2. The summed E-state index contributed by atoms with van der Waals surface area (Å²) in [6.45, 7) is 8.22. The number of methoxy groups -OCH3 is 1. The third-order valence-corrected chi connectivity index (χ3v) is 7.00. The van der Waals surface area contributed by atoms with Gasteiger partial charge in [-0.15, -0.1) is 5.10 Å². The minimum absolute atomic E-state index is 0.0665. The highest BCUT2D eigenvalue weighted by molar-refractivity contribution is 5.97. The summed E-state index contributed by atoms with van der Waals surface area (Å²) in [6, 6.07) is 7.45. The highest BCUT2D eigenvalue weighted by Crippen LogP contribution is 2.35. The number of hydrogen-bond acceptors (Lipinski definition) is 6. The van der Waals surface area contributed by atoms with E-state index >= 15 is 0 Å². The highest BCUT2D eigenvalue weighted by atomic mass is 16.5. The van der Waals surface area contributed by atoms with Crippen LogP contribution in [-0.2, 0) is 23.1 Å². The van der Waals surface area contributed by atoms with Crippen molar-refractivity contribution in [1.29, 1.82) is 0 Å². The molecule has 9 heteroatoms. The maximum atomic E-state index is 13.5. The van der Waals surface area contributed by atoms with E-state index in [1.807, 2.05) is 52.9 Å². The number of benzene rings is 1. The number of hydrogen-bond donors (Lipinski definition) is 1. The first-order valence-electron chi connectivity index (χ1n) is 12.5. The Hall–Kier alpha value is -3.62. The van der Waals surface area contributed by atoms with E-state index < -0.39 is 6.10 Å². The Morgan fingerprint density at radius 3 is 2.64 bits per heavy atom. The van der Waals surface area contributed by atoms with Crippen LogP contribution in [0.2, 0.25) is 0 Å². The number of amides is 2. The van der Waals surface area contributed by atoms with Crippen molar-refractivity contribution in [2.75, 3.05) is 18.6 Å². The summed E-state index contributed by atoms with van der Waals surface area (Å²) in [7, 11) is 3.43. The smallest absolute Gasteiger partial charge is 0.263 e. The Balaban J connectivity index is 1.57. The van der Waals surface area contributed by atoms with E-state index in [2.05, 4.69) is 10.4 Å². The van der Waals surface area contributed by atoms with Crippen LogP contribution in [0.3, 0.4) is 0 Å². The number of ether oxygens (including phenoxy) is 2. The molecule has 0 fully saturated rings. The van der Waals surface area contributed by atoms with Gasteiger partial charge in [0.05, 0.1) is 24.7 Å². The Bertz CT molecular complexity index is 1280. The van der Waals surface area contributed by atoms with Crippen molar-refractivity contribution in [2.24, 2.45) is 7.05 Å². The summed E-state index contributed by atoms with van der Waals surface area (Å²) in [5.41, 5.74) is 4.32. The molecule has 0 aliphatic carbocycles. The first-order chi connectivity index (χ1) is 17.3. The average Bonchev–Trinajstić information content (AvgIpc) is 3.21. The molecule has 1 atom stereocenters. The molecule has 3 aromatic rings. The lowest BCUT2D eigenvalue weighted by Gasteiger charge is -2.35. The number of nitrogens with zero attached hydrogens (tertiary/aromatic N) is 4. The van der Waals surface area contributed by atoms with Crippen molar-refractivity contribution in [3.05, 3.63) is 41.1 Å². The molecule has 3 heterocycles. The van der Waals surface area contributed by atoms with E-state index in [0.717, 1.165) is 40.7 Å². The van der Waals surface area contributed by atoms with Crippen molar-refractivity contribution >= 4 is 28.5 Å². The SMILES string of the molecule is CCC(CC)NC(=O)C1CN(C(=O)CCc2c(C)nc3c(c(OC)nn3C)c2C)c2ccccc2O1. The molecule has 36 heavy (non-hydrogen) atoms. The minimum atomic E-state index is -0.759. The topological polar surface area (TPSA) is 98.6 Å². The number of carbonyl (C=O) groups is 2. The number of pyridine rings is 1. The van der Waals surface area contributed by atoms with Crippen LogP contribution in [0.5, 0.6) is 11.6 Å². The molecule has 2 amide bonds. The van der Waals surface area contributed by atoms with Gasteiger partial charge < -0.3 is 19.7 Å². The lowest BCUT2D eigenvalue weighted by Crippen LogP contribution is -2.52. The van der Waals surface area contributed by atoms with Gasteiger partial charge in [0.1, 0.15) is 5.75 Å². The molecule has 2 aromatic heterocycles. The quantitative estimate of drug-likeness (QED) is 0.515. The predicted octanol–water partition coefficient (Wildman–Crippen LogP) is 3.63. The van der Waals surface area contributed by atoms with Gasteiger partial charge in [-0.25, -0.2) is 9.67 Å². The van der Waals surface area contributed by atoms with Gasteiger partial charge in [-0.05, 0) is 56.4 Å². The first-order valence-corrected chi connectivity index (χ1v) is 12.5. The molecule has 1 aromatic carbocycles. The van der Waals surface area contributed by atoms with Gasteiger partial charge in [0, 0.05) is 25.2 Å². The molecular formula is C27H35N5O4. The maximum Gasteiger partial charge on any atom is 0.263 e. The average molecular weight is 494 g/mol. The molecule has 1 N–H and O–H groups in total. The second-order valence-electron chi connectivity index (χ2n) is 9.23. The third kappa shape index (κ3) is 4.74. The van der Waals surface area contributed by atoms with Crippen molar-refractivity contribution in [2.45, 2.75) is 65.5 Å². The fourth-order valence-electron chi connectivity index (χ4n) is 4.87. The van der Waals surface area contributed by atoms with Crippen molar-refractivity contribution in [3.8, 4) is 11.6 Å². The van der Waals surface area contributed by atoms with Crippen LogP contribution in [0.1, 0.15) is 49.9 Å². The van der Waals surface area contributed by atoms with Gasteiger partial charge in [0.2, 0.25) is 11.8 Å². The normalized spacial score (nSPS) is 15.1. The van der Waals surface area contributed by atoms with Crippen LogP contribution < -0.4 is 19.7 Å². The Morgan fingerprint density at radius 2 is 1.94 bits per heavy atom. The van der Waals surface area contributed by atoms with Gasteiger partial charge in [0.25, 0.3) is 5.91 Å². The van der Waals surface area contributed by atoms with Crippen LogP contribution in [0.4, 0.5) is 5.69 Å². The summed E-state index contributed by atoms with van der Waals surface area (Å²) >= 11 is 0. The largest absolute Gasteiger partial charge is 0.479 e. The lowest BCUT2D eigenvalue weighted by molar-refractivity contribution is -0.129. The van der Waals surface area contributed by atoms with Gasteiger partial charge >= 0.3 is 0 Å². The van der Waals surface area contributed by atoms with E-state index in [0.29, 0.717) is 23.7 Å². The number of nitrogens with one attached hydrogen (secondary N) is 1. The minimum Gasteiger partial charge on any atom is -0.479 e. The summed E-state index contributed by atoms with van der Waals surface area (Å²) in [4.78, 5) is 32.9. The molecule has 0 radical (unpaired) electrons. The number of para-hydroxylation sites is 2. The van der Waals surface area contributed by atoms with Crippen LogP contribution in [0.15, 0.2) is 24.3 Å². The second-order valence-corrected chi connectivity index (χ2v) is 9.23. The standard InChI is InChI=1S/C27H35N5O4/c1-7-18(8-2)29-26(34)22-15-32(20-11-9-10-12-21(20)36-22)23(33)14-13-19-16(3)24-25(28-17(19)4)31(5)30-27(24)35-6/h9-12,18,22H,7-8,13-15H2,1-6H3,(H,29,34). The Kier molecular flexibility index (Phi) is 7.47. The number of fused-ring (bicyclic) bond motifs is 2. The number of anilines is 1. The van der Waals surface area contributed by atoms with Crippen LogP contribution in [0, 0.1) is 13.8 Å². The Morgan fingerprint density at radius 1 is 1.22 bits per heavy atom. The monoisotopic (exact) mass is 493 g/mol. The fourth-order valence-corrected chi connectivity index (χ4v) is 4.87. The van der Waals surface area contributed by atoms with Crippen molar-refractivity contribution in [3.63, 3.8) is 0 Å². The molecule has 0 spiro atoms. The highest BCUT2D eigenvalue weighted by Gasteiger charge is 2.34. The van der Waals surface area contributed by atoms with Gasteiger partial charge in [-0.1, -0.05) is 26.0 Å². The van der Waals surface area contributed by atoms with E-state index in [1.165, 1.54) is 0 Å². The number of carbonyl (C=O) groups excluding carboxylic acids is 2. The molecule has 0 saturated carbocycles. The van der Waals surface area contributed by atoms with E-state index in [1.54, 1.807) is 22.8 Å². The van der Waals surface area contributed by atoms with Crippen LogP contribution >= 0.6 is 0 Å². The molecule has 0 bridgehead atoms.